The molecule has 6 nitrogen and oxygen atoms in total. The second kappa shape index (κ2) is 6.53. The van der Waals surface area contributed by atoms with E-state index in [1.54, 1.807) is 36.0 Å². The number of rotatable bonds is 4. The highest BCUT2D eigenvalue weighted by molar-refractivity contribution is 7.97. The minimum absolute atomic E-state index is 0.207. The Morgan fingerprint density at radius 3 is 2.70 bits per heavy atom. The summed E-state index contributed by atoms with van der Waals surface area (Å²) in [5.74, 6) is 1.92. The number of sulfone groups is 1. The summed E-state index contributed by atoms with van der Waals surface area (Å²) in [6.07, 6.45) is 5.73. The maximum atomic E-state index is 12.9. The molecule has 3 aliphatic rings. The van der Waals surface area contributed by atoms with Crippen LogP contribution in [0.1, 0.15) is 18.4 Å². The fourth-order valence-electron chi connectivity index (χ4n) is 4.67. The van der Waals surface area contributed by atoms with Gasteiger partial charge in [0.15, 0.2) is 0 Å². The van der Waals surface area contributed by atoms with Crippen LogP contribution in [-0.2, 0) is 23.3 Å². The van der Waals surface area contributed by atoms with Crippen LogP contribution in [0.15, 0.2) is 40.6 Å². The SMILES string of the molecule is Cn1ccnc1S(=O)(=O)[C@H]1C[C@@H]2CN(Sc3ccc4c(c3)CCO4)C[C@@H]2C1. The summed E-state index contributed by atoms with van der Waals surface area (Å²) in [6.45, 7) is 2.69. The second-order valence-corrected chi connectivity index (χ2v) is 11.1. The van der Waals surface area contributed by atoms with E-state index >= 15 is 0 Å². The molecular formula is C19H23N3O3S2. The lowest BCUT2D eigenvalue weighted by Gasteiger charge is -2.18. The first-order valence-corrected chi connectivity index (χ1v) is 11.7. The van der Waals surface area contributed by atoms with E-state index in [4.69, 9.17) is 4.74 Å². The molecule has 0 amide bonds. The van der Waals surface area contributed by atoms with Crippen LogP contribution in [0.3, 0.4) is 0 Å². The van der Waals surface area contributed by atoms with Gasteiger partial charge in [0.2, 0.25) is 15.0 Å². The molecule has 2 fully saturated rings. The standard InChI is InChI=1S/C19H23N3O3S2/c1-21-6-5-20-19(21)27(23,24)17-9-14-11-22(12-15(14)10-17)26-16-2-3-18-13(8-16)4-7-25-18/h2-3,5-6,8,14-15,17H,4,7,9-12H2,1H3/t14-,15+,17+. The Balaban J connectivity index is 1.24. The number of fused-ring (bicyclic) bond motifs is 2. The third-order valence-electron chi connectivity index (χ3n) is 6.04. The number of hydrogen-bond donors (Lipinski definition) is 0. The lowest BCUT2D eigenvalue weighted by molar-refractivity contribution is 0.356. The molecule has 2 aromatic rings. The Kier molecular flexibility index (Phi) is 4.25. The normalized spacial score (nSPS) is 27.5. The number of hydrogen-bond acceptors (Lipinski definition) is 6. The van der Waals surface area contributed by atoms with Crippen LogP contribution in [0.4, 0.5) is 0 Å². The van der Waals surface area contributed by atoms with E-state index in [2.05, 4.69) is 27.5 Å². The van der Waals surface area contributed by atoms with Gasteiger partial charge in [-0.2, -0.15) is 0 Å². The van der Waals surface area contributed by atoms with E-state index in [0.29, 0.717) is 11.8 Å². The van der Waals surface area contributed by atoms with Gasteiger partial charge < -0.3 is 9.30 Å². The first-order valence-electron chi connectivity index (χ1n) is 9.40. The van der Waals surface area contributed by atoms with Crippen molar-refractivity contribution in [2.24, 2.45) is 18.9 Å². The van der Waals surface area contributed by atoms with Crippen molar-refractivity contribution in [2.75, 3.05) is 19.7 Å². The summed E-state index contributed by atoms with van der Waals surface area (Å²) in [4.78, 5) is 5.32. The smallest absolute Gasteiger partial charge is 0.227 e. The Hall–Kier alpha value is -1.51. The van der Waals surface area contributed by atoms with Gasteiger partial charge in [0, 0.05) is 43.8 Å². The molecule has 1 aromatic heterocycles. The Morgan fingerprint density at radius 2 is 2.00 bits per heavy atom. The predicted molar refractivity (Wildman–Crippen MR) is 103 cm³/mol. The molecule has 3 atom stereocenters. The van der Waals surface area contributed by atoms with Gasteiger partial charge in [-0.1, -0.05) is 0 Å². The molecule has 144 valence electrons. The van der Waals surface area contributed by atoms with Crippen molar-refractivity contribution in [1.82, 2.24) is 13.9 Å². The highest BCUT2D eigenvalue weighted by atomic mass is 32.2. The van der Waals surface area contributed by atoms with E-state index in [1.807, 2.05) is 0 Å². The summed E-state index contributed by atoms with van der Waals surface area (Å²) in [6, 6.07) is 6.42. The fraction of sp³-hybridized carbons (Fsp3) is 0.526. The predicted octanol–water partition coefficient (Wildman–Crippen LogP) is 2.55. The topological polar surface area (TPSA) is 64.4 Å². The Morgan fingerprint density at radius 1 is 1.22 bits per heavy atom. The molecule has 1 saturated carbocycles. The summed E-state index contributed by atoms with van der Waals surface area (Å²) in [5, 5.41) is -0.0862. The van der Waals surface area contributed by atoms with E-state index in [9.17, 15) is 8.42 Å². The molecule has 27 heavy (non-hydrogen) atoms. The maximum absolute atomic E-state index is 12.9. The largest absolute Gasteiger partial charge is 0.493 e. The first-order chi connectivity index (χ1) is 13.0. The van der Waals surface area contributed by atoms with Gasteiger partial charge in [-0.25, -0.2) is 17.7 Å². The molecule has 5 rings (SSSR count). The van der Waals surface area contributed by atoms with Crippen molar-refractivity contribution in [1.29, 1.82) is 0 Å². The van der Waals surface area contributed by atoms with Crippen LogP contribution in [0.25, 0.3) is 0 Å². The molecule has 1 aromatic carbocycles. The average Bonchev–Trinajstić information content (AvgIpc) is 3.36. The minimum Gasteiger partial charge on any atom is -0.493 e. The monoisotopic (exact) mass is 405 g/mol. The van der Waals surface area contributed by atoms with Crippen molar-refractivity contribution < 1.29 is 13.2 Å². The third-order valence-corrected chi connectivity index (χ3v) is 9.23. The second-order valence-electron chi connectivity index (χ2n) is 7.79. The molecule has 1 saturated heterocycles. The Bertz CT molecular complexity index is 958. The summed E-state index contributed by atoms with van der Waals surface area (Å²) in [5.41, 5.74) is 1.29. The van der Waals surface area contributed by atoms with Gasteiger partial charge in [0.05, 0.1) is 11.9 Å². The zero-order chi connectivity index (χ0) is 18.6. The van der Waals surface area contributed by atoms with Crippen LogP contribution < -0.4 is 4.74 Å². The minimum atomic E-state index is -3.34. The first kappa shape index (κ1) is 17.6. The zero-order valence-corrected chi connectivity index (χ0v) is 16.9. The van der Waals surface area contributed by atoms with E-state index in [0.717, 1.165) is 44.7 Å². The molecule has 8 heteroatoms. The van der Waals surface area contributed by atoms with Crippen LogP contribution in [0.5, 0.6) is 5.75 Å². The number of aromatic nitrogens is 2. The van der Waals surface area contributed by atoms with Crippen LogP contribution in [0.2, 0.25) is 0 Å². The third kappa shape index (κ3) is 3.07. The molecule has 2 aliphatic heterocycles. The molecule has 0 radical (unpaired) electrons. The molecule has 0 N–H and O–H groups in total. The van der Waals surface area contributed by atoms with Crippen molar-refractivity contribution in [3.63, 3.8) is 0 Å². The van der Waals surface area contributed by atoms with Gasteiger partial charge in [0.1, 0.15) is 5.75 Å². The van der Waals surface area contributed by atoms with Gasteiger partial charge in [-0.05, 0) is 60.4 Å². The average molecular weight is 406 g/mol. The zero-order valence-electron chi connectivity index (χ0n) is 15.2. The lowest BCUT2D eigenvalue weighted by atomic mass is 10.0. The number of nitrogens with zero attached hydrogens (tertiary/aromatic N) is 3. The van der Waals surface area contributed by atoms with Gasteiger partial charge in [0.25, 0.3) is 0 Å². The quantitative estimate of drug-likeness (QED) is 0.729. The molecule has 0 spiro atoms. The van der Waals surface area contributed by atoms with Crippen LogP contribution >= 0.6 is 11.9 Å². The van der Waals surface area contributed by atoms with Gasteiger partial charge in [-0.3, -0.25) is 0 Å². The summed E-state index contributed by atoms with van der Waals surface area (Å²) in [7, 11) is -1.59. The van der Waals surface area contributed by atoms with E-state index < -0.39 is 9.84 Å². The number of imidazole rings is 1. The van der Waals surface area contributed by atoms with Crippen molar-refractivity contribution in [2.45, 2.75) is 34.6 Å². The number of benzene rings is 1. The number of aryl methyl sites for hydroxylation is 1. The van der Waals surface area contributed by atoms with Crippen LogP contribution in [-0.4, -0.2) is 47.2 Å². The molecule has 3 heterocycles. The van der Waals surface area contributed by atoms with Crippen molar-refractivity contribution in [3.05, 3.63) is 36.2 Å². The summed E-state index contributed by atoms with van der Waals surface area (Å²) >= 11 is 1.79. The van der Waals surface area contributed by atoms with Crippen LogP contribution in [0, 0.1) is 11.8 Å². The van der Waals surface area contributed by atoms with Gasteiger partial charge >= 0.3 is 0 Å². The van der Waals surface area contributed by atoms with Gasteiger partial charge in [-0.15, -0.1) is 0 Å². The molecular weight excluding hydrogens is 382 g/mol. The Labute approximate surface area is 164 Å². The van der Waals surface area contributed by atoms with E-state index in [1.165, 1.54) is 10.5 Å². The molecule has 1 aliphatic carbocycles. The van der Waals surface area contributed by atoms with Crippen molar-refractivity contribution >= 4 is 21.8 Å². The summed E-state index contributed by atoms with van der Waals surface area (Å²) < 4.78 is 35.4. The van der Waals surface area contributed by atoms with E-state index in [-0.39, 0.29) is 10.4 Å². The maximum Gasteiger partial charge on any atom is 0.227 e. The lowest BCUT2D eigenvalue weighted by Crippen LogP contribution is -2.24. The number of ether oxygens (including phenoxy) is 1. The molecule has 0 bridgehead atoms. The van der Waals surface area contributed by atoms with Crippen molar-refractivity contribution in [3.8, 4) is 5.75 Å². The fourth-order valence-corrected chi connectivity index (χ4v) is 7.80. The highest BCUT2D eigenvalue weighted by Gasteiger charge is 2.47. The molecule has 0 unspecified atom stereocenters. The highest BCUT2D eigenvalue weighted by Crippen LogP contribution is 2.45.